The zero-order chi connectivity index (χ0) is 9.78. The van der Waals surface area contributed by atoms with Gasteiger partial charge in [-0.25, -0.2) is 0 Å². The fraction of sp³-hybridized carbons (Fsp3) is 0.750. The van der Waals surface area contributed by atoms with Crippen LogP contribution in [0.15, 0.2) is 0 Å². The lowest BCUT2D eigenvalue weighted by molar-refractivity contribution is -0.138. The van der Waals surface area contributed by atoms with Gasteiger partial charge in [-0.15, -0.1) is 0 Å². The summed E-state index contributed by atoms with van der Waals surface area (Å²) in [7, 11) is -4.11. The Labute approximate surface area is 69.3 Å². The second kappa shape index (κ2) is 4.36. The first-order valence-electron chi connectivity index (χ1n) is 2.97. The van der Waals surface area contributed by atoms with Gasteiger partial charge in [0, 0.05) is 6.54 Å². The van der Waals surface area contributed by atoms with Gasteiger partial charge in [0.2, 0.25) is 0 Å². The van der Waals surface area contributed by atoms with E-state index in [0.29, 0.717) is 0 Å². The predicted molar refractivity (Wildman–Crippen MR) is 40.0 cm³/mol. The number of nitrogens with one attached hydrogen (secondary N) is 1. The summed E-state index contributed by atoms with van der Waals surface area (Å²) >= 11 is 0. The maximum atomic E-state index is 10.1. The summed E-state index contributed by atoms with van der Waals surface area (Å²) in [6.07, 6.45) is 0. The Kier molecular flexibility index (Phi) is 4.10. The van der Waals surface area contributed by atoms with Gasteiger partial charge in [-0.1, -0.05) is 0 Å². The van der Waals surface area contributed by atoms with Gasteiger partial charge in [0.05, 0.1) is 0 Å². The van der Waals surface area contributed by atoms with Gasteiger partial charge >= 0.3 is 5.97 Å². The van der Waals surface area contributed by atoms with Crippen molar-refractivity contribution < 1.29 is 22.9 Å². The SMILES string of the molecule is NC(CNCS(=O)(=O)O)C(=O)O. The molecular weight excluding hydrogens is 188 g/mol. The van der Waals surface area contributed by atoms with Gasteiger partial charge in [-0.05, 0) is 0 Å². The zero-order valence-corrected chi connectivity index (χ0v) is 6.91. The van der Waals surface area contributed by atoms with Crippen LogP contribution >= 0.6 is 0 Å². The van der Waals surface area contributed by atoms with E-state index in [1.54, 1.807) is 0 Å². The normalized spacial score (nSPS) is 14.2. The lowest BCUT2D eigenvalue weighted by atomic mass is 10.3. The van der Waals surface area contributed by atoms with Crippen molar-refractivity contribution in [3.63, 3.8) is 0 Å². The highest BCUT2D eigenvalue weighted by atomic mass is 32.2. The highest BCUT2D eigenvalue weighted by Gasteiger charge is 2.11. The van der Waals surface area contributed by atoms with Crippen molar-refractivity contribution in [1.29, 1.82) is 0 Å². The highest BCUT2D eigenvalue weighted by molar-refractivity contribution is 7.85. The maximum absolute atomic E-state index is 10.1. The summed E-state index contributed by atoms with van der Waals surface area (Å²) in [6, 6.07) is -1.17. The minimum atomic E-state index is -4.11. The molecule has 0 aromatic rings. The van der Waals surface area contributed by atoms with Crippen LogP contribution in [0.5, 0.6) is 0 Å². The molecule has 1 atom stereocenters. The van der Waals surface area contributed by atoms with Crippen LogP contribution in [0, 0.1) is 0 Å². The number of hydrogen-bond acceptors (Lipinski definition) is 5. The molecule has 0 spiro atoms. The molecule has 0 bridgehead atoms. The van der Waals surface area contributed by atoms with E-state index >= 15 is 0 Å². The third-order valence-electron chi connectivity index (χ3n) is 0.966. The van der Waals surface area contributed by atoms with Crippen molar-refractivity contribution in [1.82, 2.24) is 5.32 Å². The molecule has 0 aliphatic rings. The van der Waals surface area contributed by atoms with E-state index in [2.05, 4.69) is 5.32 Å². The fourth-order valence-corrected chi connectivity index (χ4v) is 0.807. The highest BCUT2D eigenvalue weighted by Crippen LogP contribution is 1.79. The molecule has 0 rings (SSSR count). The number of carbonyl (C=O) groups is 1. The zero-order valence-electron chi connectivity index (χ0n) is 6.10. The first-order chi connectivity index (χ1) is 5.33. The lowest BCUT2D eigenvalue weighted by Gasteiger charge is -2.05. The third-order valence-corrected chi connectivity index (χ3v) is 1.53. The van der Waals surface area contributed by atoms with E-state index in [1.165, 1.54) is 0 Å². The number of aliphatic carboxylic acids is 1. The van der Waals surface area contributed by atoms with Crippen LogP contribution in [-0.2, 0) is 14.9 Å². The van der Waals surface area contributed by atoms with Crippen LogP contribution < -0.4 is 11.1 Å². The average Bonchev–Trinajstić information content (AvgIpc) is 1.84. The smallest absolute Gasteiger partial charge is 0.321 e. The Morgan fingerprint density at radius 3 is 2.42 bits per heavy atom. The standard InChI is InChI=1S/C4H10N2O5S/c5-3(4(7)8)1-6-2-12(9,10)11/h3,6H,1-2,5H2,(H,7,8)(H,9,10,11). The van der Waals surface area contributed by atoms with Crippen molar-refractivity contribution in [2.24, 2.45) is 5.73 Å². The fourth-order valence-electron chi connectivity index (χ4n) is 0.431. The van der Waals surface area contributed by atoms with Crippen LogP contribution in [0.25, 0.3) is 0 Å². The molecule has 0 heterocycles. The Balaban J connectivity index is 3.65. The quantitative estimate of drug-likeness (QED) is 0.370. The lowest BCUT2D eigenvalue weighted by Crippen LogP contribution is -2.41. The number of nitrogens with two attached hydrogens (primary N) is 1. The minimum absolute atomic E-state index is 0.213. The summed E-state index contributed by atoms with van der Waals surface area (Å²) < 4.78 is 28.4. The van der Waals surface area contributed by atoms with Gasteiger partial charge < -0.3 is 10.8 Å². The molecular formula is C4H10N2O5S. The van der Waals surface area contributed by atoms with Crippen LogP contribution in [0.2, 0.25) is 0 Å². The summed E-state index contributed by atoms with van der Waals surface area (Å²) in [5.74, 6) is -1.94. The van der Waals surface area contributed by atoms with Gasteiger partial charge in [-0.2, -0.15) is 8.42 Å². The van der Waals surface area contributed by atoms with E-state index < -0.39 is 28.0 Å². The van der Waals surface area contributed by atoms with Gasteiger partial charge in [0.25, 0.3) is 10.1 Å². The van der Waals surface area contributed by atoms with E-state index in [9.17, 15) is 13.2 Å². The van der Waals surface area contributed by atoms with Crippen LogP contribution in [0.3, 0.4) is 0 Å². The Morgan fingerprint density at radius 1 is 1.58 bits per heavy atom. The molecule has 7 nitrogen and oxygen atoms in total. The summed E-state index contributed by atoms with van der Waals surface area (Å²) in [5.41, 5.74) is 5.01. The first kappa shape index (κ1) is 11.3. The largest absolute Gasteiger partial charge is 0.480 e. The average molecular weight is 198 g/mol. The molecule has 0 aromatic carbocycles. The molecule has 72 valence electrons. The molecule has 0 radical (unpaired) electrons. The van der Waals surface area contributed by atoms with Crippen molar-refractivity contribution in [3.8, 4) is 0 Å². The molecule has 12 heavy (non-hydrogen) atoms. The summed E-state index contributed by atoms with van der Waals surface area (Å²) in [4.78, 5) is 10.1. The van der Waals surface area contributed by atoms with Crippen molar-refractivity contribution in [3.05, 3.63) is 0 Å². The monoisotopic (exact) mass is 198 g/mol. The van der Waals surface area contributed by atoms with Gasteiger partial charge in [0.1, 0.15) is 11.9 Å². The van der Waals surface area contributed by atoms with Crippen LogP contribution in [-0.4, -0.2) is 42.5 Å². The topological polar surface area (TPSA) is 130 Å². The molecule has 0 aliphatic heterocycles. The third kappa shape index (κ3) is 6.04. The second-order valence-electron chi connectivity index (χ2n) is 2.13. The minimum Gasteiger partial charge on any atom is -0.480 e. The number of carboxylic acids is 1. The Hall–Kier alpha value is -0.700. The molecule has 0 amide bonds. The summed E-state index contributed by atoms with van der Waals surface area (Å²) in [5, 5.41) is 10.4. The van der Waals surface area contributed by atoms with E-state index in [1.807, 2.05) is 0 Å². The number of carboxylic acid groups (broad SMARTS) is 1. The Bertz CT molecular complexity index is 248. The van der Waals surface area contributed by atoms with E-state index in [-0.39, 0.29) is 6.54 Å². The Morgan fingerprint density at radius 2 is 2.08 bits per heavy atom. The molecule has 1 unspecified atom stereocenters. The van der Waals surface area contributed by atoms with Gasteiger partial charge in [-0.3, -0.25) is 14.7 Å². The second-order valence-corrected chi connectivity index (χ2v) is 3.58. The molecule has 8 heteroatoms. The number of rotatable bonds is 5. The van der Waals surface area contributed by atoms with Crippen molar-refractivity contribution >= 4 is 16.1 Å². The van der Waals surface area contributed by atoms with Gasteiger partial charge in [0.15, 0.2) is 0 Å². The van der Waals surface area contributed by atoms with Crippen LogP contribution in [0.1, 0.15) is 0 Å². The molecule has 0 aliphatic carbocycles. The van der Waals surface area contributed by atoms with Crippen molar-refractivity contribution in [2.45, 2.75) is 6.04 Å². The maximum Gasteiger partial charge on any atom is 0.321 e. The van der Waals surface area contributed by atoms with Crippen LogP contribution in [0.4, 0.5) is 0 Å². The molecule has 5 N–H and O–H groups in total. The van der Waals surface area contributed by atoms with E-state index in [0.717, 1.165) is 0 Å². The molecule has 0 fully saturated rings. The molecule has 0 saturated carbocycles. The first-order valence-corrected chi connectivity index (χ1v) is 4.58. The predicted octanol–water partition coefficient (Wildman–Crippen LogP) is -2.17. The summed E-state index contributed by atoms with van der Waals surface area (Å²) in [6.45, 7) is -0.213. The van der Waals surface area contributed by atoms with E-state index in [4.69, 9.17) is 15.4 Å². The number of hydrogen-bond donors (Lipinski definition) is 4. The molecule has 0 aromatic heterocycles. The molecule has 0 saturated heterocycles. The van der Waals surface area contributed by atoms with Crippen molar-refractivity contribution in [2.75, 3.05) is 12.4 Å².